The highest BCUT2D eigenvalue weighted by Gasteiger charge is 2.45. The lowest BCUT2D eigenvalue weighted by atomic mass is 9.95. The molecule has 2 aromatic carbocycles. The van der Waals surface area contributed by atoms with Crippen molar-refractivity contribution < 1.29 is 32.6 Å². The van der Waals surface area contributed by atoms with E-state index in [0.29, 0.717) is 11.4 Å². The van der Waals surface area contributed by atoms with Crippen LogP contribution in [0.2, 0.25) is 0 Å². The summed E-state index contributed by atoms with van der Waals surface area (Å²) >= 11 is 0. The number of anilines is 2. The van der Waals surface area contributed by atoms with Crippen LogP contribution in [0.25, 0.3) is 0 Å². The third kappa shape index (κ3) is 4.10. The molecule has 0 saturated heterocycles. The van der Waals surface area contributed by atoms with E-state index >= 15 is 0 Å². The summed E-state index contributed by atoms with van der Waals surface area (Å²) in [5.74, 6) is -1.87. The number of benzene rings is 2. The monoisotopic (exact) mass is 418 g/mol. The molecular weight excluding hydrogens is 398 g/mol. The number of fused-ring (bicyclic) bond motifs is 1. The smallest absolute Gasteiger partial charge is 0.387 e. The molecule has 0 aromatic heterocycles. The molecule has 0 spiro atoms. The van der Waals surface area contributed by atoms with Gasteiger partial charge in [-0.2, -0.15) is 8.78 Å². The first-order valence-corrected chi connectivity index (χ1v) is 9.11. The molecule has 1 N–H and O–H groups in total. The Morgan fingerprint density at radius 1 is 1.07 bits per heavy atom. The summed E-state index contributed by atoms with van der Waals surface area (Å²) in [4.78, 5) is 39.3. The number of nitrogens with one attached hydrogen (secondary N) is 1. The Morgan fingerprint density at radius 2 is 1.70 bits per heavy atom. The van der Waals surface area contributed by atoms with Gasteiger partial charge in [-0.1, -0.05) is 12.1 Å². The van der Waals surface area contributed by atoms with E-state index in [0.717, 1.165) is 0 Å². The van der Waals surface area contributed by atoms with Gasteiger partial charge in [0, 0.05) is 0 Å². The Labute approximate surface area is 171 Å². The number of para-hydroxylation sites is 2. The molecule has 2 aromatic rings. The van der Waals surface area contributed by atoms with Crippen LogP contribution in [0, 0.1) is 0 Å². The van der Waals surface area contributed by atoms with E-state index in [2.05, 4.69) is 10.1 Å². The van der Waals surface area contributed by atoms with Crippen molar-refractivity contribution in [2.75, 3.05) is 10.2 Å². The highest BCUT2D eigenvalue weighted by Crippen LogP contribution is 2.37. The Kier molecular flexibility index (Phi) is 5.73. The predicted octanol–water partition coefficient (Wildman–Crippen LogP) is 3.60. The SMILES string of the molecule is C[C@H](OC(=O)c1ccc(OC(F)F)cc1)C(=O)N1c2ccccc2NC(=O)C1(C)C. The second-order valence-corrected chi connectivity index (χ2v) is 7.15. The van der Waals surface area contributed by atoms with Gasteiger partial charge < -0.3 is 14.8 Å². The first-order valence-electron chi connectivity index (χ1n) is 9.11. The number of rotatable bonds is 5. The Balaban J connectivity index is 1.78. The van der Waals surface area contributed by atoms with Crippen LogP contribution in [0.3, 0.4) is 0 Å². The predicted molar refractivity (Wildman–Crippen MR) is 105 cm³/mol. The van der Waals surface area contributed by atoms with Gasteiger partial charge in [-0.25, -0.2) is 4.79 Å². The van der Waals surface area contributed by atoms with E-state index in [4.69, 9.17) is 4.74 Å². The van der Waals surface area contributed by atoms with Gasteiger partial charge in [-0.15, -0.1) is 0 Å². The van der Waals surface area contributed by atoms with Crippen molar-refractivity contribution in [3.63, 3.8) is 0 Å². The number of ether oxygens (including phenoxy) is 2. The molecule has 9 heteroatoms. The van der Waals surface area contributed by atoms with E-state index < -0.39 is 30.1 Å². The van der Waals surface area contributed by atoms with Crippen LogP contribution in [-0.4, -0.2) is 36.0 Å². The molecule has 2 amide bonds. The molecule has 1 aliphatic rings. The standard InChI is InChI=1S/C21H20F2N2O5/c1-12(29-18(27)13-8-10-14(11-9-13)30-20(22)23)17(26)25-16-7-5-4-6-15(16)24-19(28)21(25,2)3/h4-12,20H,1-3H3,(H,24,28)/t12-/m0/s1. The number of nitrogens with zero attached hydrogens (tertiary/aromatic N) is 1. The van der Waals surface area contributed by atoms with Crippen LogP contribution in [0.4, 0.5) is 20.2 Å². The van der Waals surface area contributed by atoms with Gasteiger partial charge >= 0.3 is 12.6 Å². The van der Waals surface area contributed by atoms with Crippen molar-refractivity contribution in [3.05, 3.63) is 54.1 Å². The molecule has 30 heavy (non-hydrogen) atoms. The highest BCUT2D eigenvalue weighted by molar-refractivity contribution is 6.15. The summed E-state index contributed by atoms with van der Waals surface area (Å²) in [5.41, 5.74) is -0.181. The largest absolute Gasteiger partial charge is 0.449 e. The van der Waals surface area contributed by atoms with Crippen LogP contribution >= 0.6 is 0 Å². The van der Waals surface area contributed by atoms with Gasteiger partial charge in [-0.3, -0.25) is 14.5 Å². The maximum Gasteiger partial charge on any atom is 0.387 e. The summed E-state index contributed by atoms with van der Waals surface area (Å²) in [7, 11) is 0. The Hall–Kier alpha value is -3.49. The highest BCUT2D eigenvalue weighted by atomic mass is 19.3. The van der Waals surface area contributed by atoms with Crippen molar-refractivity contribution in [2.24, 2.45) is 0 Å². The Morgan fingerprint density at radius 3 is 2.33 bits per heavy atom. The number of carbonyl (C=O) groups excluding carboxylic acids is 3. The lowest BCUT2D eigenvalue weighted by Gasteiger charge is -2.42. The van der Waals surface area contributed by atoms with Crippen molar-refractivity contribution in [1.82, 2.24) is 0 Å². The van der Waals surface area contributed by atoms with Gasteiger partial charge in [0.15, 0.2) is 6.10 Å². The number of amides is 2. The molecule has 0 bridgehead atoms. The molecular formula is C21H20F2N2O5. The number of hydrogen-bond acceptors (Lipinski definition) is 5. The minimum absolute atomic E-state index is 0.0623. The van der Waals surface area contributed by atoms with Crippen molar-refractivity contribution in [2.45, 2.75) is 39.0 Å². The molecule has 0 fully saturated rings. The van der Waals surface area contributed by atoms with Gasteiger partial charge in [0.2, 0.25) is 5.91 Å². The van der Waals surface area contributed by atoms with E-state index in [-0.39, 0.29) is 17.2 Å². The number of halogens is 2. The first kappa shape index (κ1) is 21.2. The van der Waals surface area contributed by atoms with Gasteiger partial charge in [-0.05, 0) is 57.2 Å². The molecule has 0 unspecified atom stereocenters. The normalized spacial score (nSPS) is 15.8. The summed E-state index contributed by atoms with van der Waals surface area (Å²) in [5, 5.41) is 2.75. The second kappa shape index (κ2) is 8.10. The zero-order chi connectivity index (χ0) is 22.1. The minimum atomic E-state index is -2.98. The fraction of sp³-hybridized carbons (Fsp3) is 0.286. The molecule has 0 saturated carbocycles. The molecule has 7 nitrogen and oxygen atoms in total. The quantitative estimate of drug-likeness (QED) is 0.750. The molecule has 1 aliphatic heterocycles. The number of alkyl halides is 2. The maximum absolute atomic E-state index is 13.1. The summed E-state index contributed by atoms with van der Waals surface area (Å²) in [6, 6.07) is 11.7. The van der Waals surface area contributed by atoms with Gasteiger partial charge in [0.1, 0.15) is 11.3 Å². The van der Waals surface area contributed by atoms with E-state index in [9.17, 15) is 23.2 Å². The number of carbonyl (C=O) groups is 3. The second-order valence-electron chi connectivity index (χ2n) is 7.15. The molecule has 1 atom stereocenters. The van der Waals surface area contributed by atoms with Crippen LogP contribution in [0.15, 0.2) is 48.5 Å². The van der Waals surface area contributed by atoms with Gasteiger partial charge in [0.25, 0.3) is 5.91 Å². The summed E-state index contributed by atoms with van der Waals surface area (Å²) in [6.45, 7) is 1.60. The fourth-order valence-corrected chi connectivity index (χ4v) is 3.08. The first-order chi connectivity index (χ1) is 14.1. The third-order valence-corrected chi connectivity index (χ3v) is 4.67. The minimum Gasteiger partial charge on any atom is -0.449 e. The zero-order valence-corrected chi connectivity index (χ0v) is 16.5. The number of hydrogen-bond donors (Lipinski definition) is 1. The summed E-state index contributed by atoms with van der Waals surface area (Å²) < 4.78 is 34.0. The molecule has 1 heterocycles. The van der Waals surface area contributed by atoms with Crippen LogP contribution in [0.1, 0.15) is 31.1 Å². The third-order valence-electron chi connectivity index (χ3n) is 4.67. The van der Waals surface area contributed by atoms with Crippen LogP contribution in [0.5, 0.6) is 5.75 Å². The van der Waals surface area contributed by atoms with E-state index in [1.807, 2.05) is 0 Å². The van der Waals surface area contributed by atoms with Crippen molar-refractivity contribution in [1.29, 1.82) is 0 Å². The molecule has 158 valence electrons. The number of esters is 1. The fourth-order valence-electron chi connectivity index (χ4n) is 3.08. The van der Waals surface area contributed by atoms with Crippen LogP contribution < -0.4 is 15.0 Å². The van der Waals surface area contributed by atoms with E-state index in [1.54, 1.807) is 38.1 Å². The van der Waals surface area contributed by atoms with Crippen molar-refractivity contribution >= 4 is 29.2 Å². The van der Waals surface area contributed by atoms with Crippen LogP contribution in [-0.2, 0) is 14.3 Å². The van der Waals surface area contributed by atoms with E-state index in [1.165, 1.54) is 36.1 Å². The molecule has 0 radical (unpaired) electrons. The molecule has 0 aliphatic carbocycles. The lowest BCUT2D eigenvalue weighted by molar-refractivity contribution is -0.131. The maximum atomic E-state index is 13.1. The average Bonchev–Trinajstić information content (AvgIpc) is 2.68. The average molecular weight is 418 g/mol. The molecule has 3 rings (SSSR count). The Bertz CT molecular complexity index is 976. The van der Waals surface area contributed by atoms with Crippen molar-refractivity contribution in [3.8, 4) is 5.75 Å². The lowest BCUT2D eigenvalue weighted by Crippen LogP contribution is -2.60. The zero-order valence-electron chi connectivity index (χ0n) is 16.5. The summed E-state index contributed by atoms with van der Waals surface area (Å²) in [6.07, 6.45) is -1.20. The topological polar surface area (TPSA) is 84.9 Å². The van der Waals surface area contributed by atoms with Gasteiger partial charge in [0.05, 0.1) is 16.9 Å².